The van der Waals surface area contributed by atoms with Crippen LogP contribution in [0.2, 0.25) is 0 Å². The predicted molar refractivity (Wildman–Crippen MR) is 120 cm³/mol. The van der Waals surface area contributed by atoms with Crippen LogP contribution in [-0.4, -0.2) is 22.8 Å². The molecule has 4 N–H and O–H groups in total. The third kappa shape index (κ3) is 3.09. The molecule has 1 aliphatic rings. The summed E-state index contributed by atoms with van der Waals surface area (Å²) in [6, 6.07) is 18.2. The summed E-state index contributed by atoms with van der Waals surface area (Å²) in [6.45, 7) is 1.61. The molecule has 1 unspecified atom stereocenters. The van der Waals surface area contributed by atoms with Crippen LogP contribution in [0.5, 0.6) is 0 Å². The summed E-state index contributed by atoms with van der Waals surface area (Å²) in [6.07, 6.45) is 0. The van der Waals surface area contributed by atoms with Gasteiger partial charge in [0, 0.05) is 33.1 Å². The average molecular weight is 426 g/mol. The van der Waals surface area contributed by atoms with Crippen LogP contribution >= 0.6 is 0 Å². The number of carbonyl (C=O) groups is 3. The smallest absolute Gasteiger partial charge is 0.322 e. The van der Waals surface area contributed by atoms with E-state index in [2.05, 4.69) is 20.9 Å². The maximum atomic E-state index is 12.9. The Kier molecular flexibility index (Phi) is 4.30. The first-order chi connectivity index (χ1) is 15.3. The number of benzene rings is 3. The number of imide groups is 1. The topological polar surface area (TPSA) is 120 Å². The van der Waals surface area contributed by atoms with E-state index in [1.807, 2.05) is 12.1 Å². The number of nitrogens with one attached hydrogen (secondary N) is 4. The van der Waals surface area contributed by atoms with Crippen molar-refractivity contribution < 1.29 is 14.4 Å². The lowest BCUT2D eigenvalue weighted by Crippen LogP contribution is -2.40. The zero-order chi connectivity index (χ0) is 22.5. The monoisotopic (exact) mass is 426 g/mol. The van der Waals surface area contributed by atoms with Gasteiger partial charge in [0.05, 0.1) is 0 Å². The van der Waals surface area contributed by atoms with Crippen molar-refractivity contribution in [1.82, 2.24) is 15.6 Å². The molecule has 0 saturated carbocycles. The number of hydrogen-bond acceptors (Lipinski definition) is 4. The Hall–Kier alpha value is -4.46. The average Bonchev–Trinajstić information content (AvgIpc) is 3.06. The maximum Gasteiger partial charge on any atom is 0.322 e. The largest absolute Gasteiger partial charge is 0.354 e. The van der Waals surface area contributed by atoms with Crippen molar-refractivity contribution in [1.29, 1.82) is 0 Å². The summed E-state index contributed by atoms with van der Waals surface area (Å²) in [5.74, 6) is -0.807. The number of hydrogen-bond donors (Lipinski definition) is 4. The number of fused-ring (bicyclic) bond motifs is 2. The highest BCUT2D eigenvalue weighted by atomic mass is 16.2. The highest BCUT2D eigenvalue weighted by molar-refractivity contribution is 6.08. The zero-order valence-electron chi connectivity index (χ0n) is 17.0. The van der Waals surface area contributed by atoms with Crippen LogP contribution in [0.15, 0.2) is 71.5 Å². The van der Waals surface area contributed by atoms with Gasteiger partial charge in [-0.05, 0) is 55.0 Å². The molecule has 0 aliphatic carbocycles. The molecule has 3 aromatic carbocycles. The van der Waals surface area contributed by atoms with E-state index in [9.17, 15) is 19.2 Å². The fourth-order valence-corrected chi connectivity index (χ4v) is 3.90. The van der Waals surface area contributed by atoms with E-state index in [-0.39, 0.29) is 11.3 Å². The molecule has 0 spiro atoms. The van der Waals surface area contributed by atoms with Crippen molar-refractivity contribution in [2.24, 2.45) is 0 Å². The molecule has 4 aromatic rings. The number of H-pyrrole nitrogens is 1. The van der Waals surface area contributed by atoms with E-state index < -0.39 is 17.5 Å². The summed E-state index contributed by atoms with van der Waals surface area (Å²) in [5.41, 5.74) is 1.53. The van der Waals surface area contributed by atoms with Crippen molar-refractivity contribution in [2.75, 3.05) is 5.32 Å². The molecule has 8 heteroatoms. The molecule has 8 nitrogen and oxygen atoms in total. The van der Waals surface area contributed by atoms with E-state index in [4.69, 9.17) is 0 Å². The Bertz CT molecular complexity index is 1490. The predicted octanol–water partition coefficient (Wildman–Crippen LogP) is 2.99. The van der Waals surface area contributed by atoms with Gasteiger partial charge in [-0.15, -0.1) is 0 Å². The molecule has 1 fully saturated rings. The minimum atomic E-state index is -1.16. The number of aromatic nitrogens is 1. The quantitative estimate of drug-likeness (QED) is 0.297. The first-order valence-corrected chi connectivity index (χ1v) is 9.95. The molecule has 1 saturated heterocycles. The second-order valence-corrected chi connectivity index (χ2v) is 7.82. The van der Waals surface area contributed by atoms with Gasteiger partial charge < -0.3 is 15.6 Å². The molecular formula is C24H18N4O4. The van der Waals surface area contributed by atoms with Crippen LogP contribution in [-0.2, 0) is 10.3 Å². The highest BCUT2D eigenvalue weighted by Crippen LogP contribution is 2.26. The number of carbonyl (C=O) groups excluding carboxylic acids is 3. The van der Waals surface area contributed by atoms with Gasteiger partial charge in [0.2, 0.25) is 0 Å². The van der Waals surface area contributed by atoms with Gasteiger partial charge in [0.1, 0.15) is 5.54 Å². The second kappa shape index (κ2) is 7.05. The summed E-state index contributed by atoms with van der Waals surface area (Å²) in [5, 5.41) is 8.60. The van der Waals surface area contributed by atoms with E-state index in [1.54, 1.807) is 61.5 Å². The highest BCUT2D eigenvalue weighted by Gasteiger charge is 2.43. The number of anilines is 1. The van der Waals surface area contributed by atoms with Gasteiger partial charge in [0.15, 0.2) is 5.43 Å². The first-order valence-electron chi connectivity index (χ1n) is 9.95. The summed E-state index contributed by atoms with van der Waals surface area (Å²) in [7, 11) is 0. The molecule has 0 radical (unpaired) electrons. The molecule has 1 aromatic heterocycles. The first kappa shape index (κ1) is 19.5. The van der Waals surface area contributed by atoms with Gasteiger partial charge in [-0.2, -0.15) is 0 Å². The van der Waals surface area contributed by atoms with Gasteiger partial charge in [-0.25, -0.2) is 4.79 Å². The third-order valence-corrected chi connectivity index (χ3v) is 5.73. The van der Waals surface area contributed by atoms with E-state index >= 15 is 0 Å². The van der Waals surface area contributed by atoms with Crippen molar-refractivity contribution in [2.45, 2.75) is 12.5 Å². The van der Waals surface area contributed by atoms with Crippen LogP contribution in [0.25, 0.3) is 21.8 Å². The Morgan fingerprint density at radius 1 is 0.875 bits per heavy atom. The van der Waals surface area contributed by atoms with Crippen LogP contribution in [0.4, 0.5) is 10.5 Å². The normalized spacial score (nSPS) is 17.9. The van der Waals surface area contributed by atoms with E-state index in [0.29, 0.717) is 33.1 Å². The SMILES string of the molecule is CC1(c2ccc(NC(=O)c3ccc4[nH]c5ccccc5c(=O)c4c3)cc2)NC(=O)NC1=O. The van der Waals surface area contributed by atoms with Crippen molar-refractivity contribution >= 4 is 45.3 Å². The van der Waals surface area contributed by atoms with Gasteiger partial charge in [-0.3, -0.25) is 19.7 Å². The molecule has 1 atom stereocenters. The lowest BCUT2D eigenvalue weighted by atomic mass is 9.92. The van der Waals surface area contributed by atoms with Crippen molar-refractivity contribution in [3.05, 3.63) is 88.1 Å². The Labute approximate surface area is 181 Å². The molecule has 0 bridgehead atoms. The number of amides is 4. The van der Waals surface area contributed by atoms with Crippen molar-refractivity contribution in [3.8, 4) is 0 Å². The van der Waals surface area contributed by atoms with Gasteiger partial charge in [-0.1, -0.05) is 24.3 Å². The number of para-hydroxylation sites is 1. The number of urea groups is 1. The molecule has 32 heavy (non-hydrogen) atoms. The van der Waals surface area contributed by atoms with Crippen molar-refractivity contribution in [3.63, 3.8) is 0 Å². The van der Waals surface area contributed by atoms with Crippen LogP contribution < -0.4 is 21.4 Å². The lowest BCUT2D eigenvalue weighted by Gasteiger charge is -2.21. The minimum absolute atomic E-state index is 0.140. The molecule has 5 rings (SSSR count). The standard InChI is InChI=1S/C24H18N4O4/c1-24(22(31)27-23(32)28-24)14-7-9-15(10-8-14)25-21(30)13-6-11-19-17(12-13)20(29)16-4-2-3-5-18(16)26-19/h2-12H,1H3,(H,25,30)(H,26,29)(H2,27,28,31,32). The van der Waals surface area contributed by atoms with E-state index in [0.717, 1.165) is 5.52 Å². The zero-order valence-corrected chi connectivity index (χ0v) is 17.0. The fourth-order valence-electron chi connectivity index (χ4n) is 3.90. The Morgan fingerprint density at radius 2 is 1.59 bits per heavy atom. The summed E-state index contributed by atoms with van der Waals surface area (Å²) < 4.78 is 0. The van der Waals surface area contributed by atoms with Gasteiger partial charge >= 0.3 is 6.03 Å². The maximum absolute atomic E-state index is 12.9. The summed E-state index contributed by atoms with van der Waals surface area (Å²) in [4.78, 5) is 52.4. The van der Waals surface area contributed by atoms with E-state index in [1.165, 1.54) is 0 Å². The molecule has 1 aliphatic heterocycles. The van der Waals surface area contributed by atoms with Crippen LogP contribution in [0.1, 0.15) is 22.8 Å². The second-order valence-electron chi connectivity index (χ2n) is 7.82. The number of rotatable bonds is 3. The van der Waals surface area contributed by atoms with Crippen LogP contribution in [0.3, 0.4) is 0 Å². The summed E-state index contributed by atoms with van der Waals surface area (Å²) >= 11 is 0. The molecular weight excluding hydrogens is 408 g/mol. The van der Waals surface area contributed by atoms with Gasteiger partial charge in [0.25, 0.3) is 11.8 Å². The molecule has 4 amide bonds. The lowest BCUT2D eigenvalue weighted by molar-refractivity contribution is -0.123. The number of aromatic amines is 1. The number of pyridine rings is 1. The molecule has 2 heterocycles. The Balaban J connectivity index is 1.42. The Morgan fingerprint density at radius 3 is 2.31 bits per heavy atom. The minimum Gasteiger partial charge on any atom is -0.354 e. The molecule has 158 valence electrons. The van der Waals surface area contributed by atoms with Crippen LogP contribution in [0, 0.1) is 0 Å². The third-order valence-electron chi connectivity index (χ3n) is 5.73. The fraction of sp³-hybridized carbons (Fsp3) is 0.0833.